The largest absolute Gasteiger partial charge is 0.383 e. The van der Waals surface area contributed by atoms with Crippen LogP contribution in [0.1, 0.15) is 19.3 Å². The summed E-state index contributed by atoms with van der Waals surface area (Å²) >= 11 is 1.91. The number of hydrogen-bond donors (Lipinski definition) is 1. The fourth-order valence-corrected chi connectivity index (χ4v) is 3.90. The number of rotatable bonds is 6. The molecule has 0 aliphatic carbocycles. The number of amides is 1. The molecule has 2 aliphatic heterocycles. The van der Waals surface area contributed by atoms with Crippen molar-refractivity contribution in [1.29, 1.82) is 0 Å². The molecule has 0 bridgehead atoms. The summed E-state index contributed by atoms with van der Waals surface area (Å²) in [7, 11) is 1.67. The summed E-state index contributed by atoms with van der Waals surface area (Å²) in [6.07, 6.45) is 2.52. The van der Waals surface area contributed by atoms with Crippen LogP contribution in [0.25, 0.3) is 0 Å². The van der Waals surface area contributed by atoms with E-state index in [1.807, 2.05) is 16.7 Å². The van der Waals surface area contributed by atoms with Gasteiger partial charge in [-0.05, 0) is 25.0 Å². The molecule has 2 saturated heterocycles. The minimum absolute atomic E-state index is 0.0520. The van der Waals surface area contributed by atoms with Crippen LogP contribution in [0, 0.1) is 0 Å². The number of nitrogens with two attached hydrogens (primary N) is 1. The van der Waals surface area contributed by atoms with E-state index >= 15 is 0 Å². The molecule has 2 heterocycles. The average Bonchev–Trinajstić information content (AvgIpc) is 3.10. The number of ether oxygens (including phenoxy) is 2. The first kappa shape index (κ1) is 15.1. The molecule has 0 saturated carbocycles. The average molecular weight is 288 g/mol. The maximum atomic E-state index is 12.6. The van der Waals surface area contributed by atoms with Crippen LogP contribution in [0.5, 0.6) is 0 Å². The quantitative estimate of drug-likeness (QED) is 0.770. The van der Waals surface area contributed by atoms with Crippen LogP contribution in [0.4, 0.5) is 0 Å². The molecular weight excluding hydrogens is 264 g/mol. The van der Waals surface area contributed by atoms with Gasteiger partial charge >= 0.3 is 0 Å². The van der Waals surface area contributed by atoms with Crippen LogP contribution < -0.4 is 5.73 Å². The van der Waals surface area contributed by atoms with Gasteiger partial charge in [0, 0.05) is 32.0 Å². The predicted octanol–water partition coefficient (Wildman–Crippen LogP) is 0.473. The van der Waals surface area contributed by atoms with E-state index in [1.54, 1.807) is 7.11 Å². The molecule has 6 heteroatoms. The van der Waals surface area contributed by atoms with Gasteiger partial charge in [-0.15, -0.1) is 0 Å². The van der Waals surface area contributed by atoms with Gasteiger partial charge in [0.15, 0.2) is 0 Å². The van der Waals surface area contributed by atoms with E-state index in [2.05, 4.69) is 0 Å². The van der Waals surface area contributed by atoms with Gasteiger partial charge in [0.1, 0.15) is 6.10 Å². The molecule has 0 aromatic heterocycles. The highest BCUT2D eigenvalue weighted by Gasteiger charge is 2.36. The second-order valence-corrected chi connectivity index (χ2v) is 6.25. The molecule has 2 fully saturated rings. The molecule has 2 aliphatic rings. The van der Waals surface area contributed by atoms with Gasteiger partial charge in [0.05, 0.1) is 12.7 Å². The van der Waals surface area contributed by atoms with Crippen molar-refractivity contribution >= 4 is 17.7 Å². The summed E-state index contributed by atoms with van der Waals surface area (Å²) in [6, 6.07) is 0.341. The first-order valence-electron chi connectivity index (χ1n) is 6.99. The van der Waals surface area contributed by atoms with E-state index in [0.717, 1.165) is 30.8 Å². The Balaban J connectivity index is 1.94. The van der Waals surface area contributed by atoms with Gasteiger partial charge in [0.25, 0.3) is 5.91 Å². The molecular formula is C13H24N2O3S. The monoisotopic (exact) mass is 288 g/mol. The second-order valence-electron chi connectivity index (χ2n) is 5.10. The molecule has 2 rings (SSSR count). The van der Waals surface area contributed by atoms with Crippen LogP contribution in [0.2, 0.25) is 0 Å². The first-order valence-corrected chi connectivity index (χ1v) is 8.14. The zero-order chi connectivity index (χ0) is 13.7. The van der Waals surface area contributed by atoms with Crippen molar-refractivity contribution in [2.24, 2.45) is 5.73 Å². The summed E-state index contributed by atoms with van der Waals surface area (Å²) in [4.78, 5) is 14.6. The van der Waals surface area contributed by atoms with Crippen molar-refractivity contribution in [3.63, 3.8) is 0 Å². The van der Waals surface area contributed by atoms with Gasteiger partial charge in [-0.3, -0.25) is 4.79 Å². The Hall–Kier alpha value is -0.300. The highest BCUT2D eigenvalue weighted by atomic mass is 32.2. The minimum atomic E-state index is -0.295. The van der Waals surface area contributed by atoms with Crippen molar-refractivity contribution in [1.82, 2.24) is 4.90 Å². The topological polar surface area (TPSA) is 64.8 Å². The molecule has 0 spiro atoms. The molecule has 2 N–H and O–H groups in total. The molecule has 5 nitrogen and oxygen atoms in total. The van der Waals surface area contributed by atoms with Gasteiger partial charge in [-0.1, -0.05) is 0 Å². The third kappa shape index (κ3) is 3.84. The number of thioether (sulfide) groups is 1. The number of hydrogen-bond acceptors (Lipinski definition) is 5. The van der Waals surface area contributed by atoms with Crippen molar-refractivity contribution in [3.05, 3.63) is 0 Å². The minimum Gasteiger partial charge on any atom is -0.383 e. The second kappa shape index (κ2) is 7.47. The van der Waals surface area contributed by atoms with Crippen LogP contribution in [-0.4, -0.2) is 67.4 Å². The highest BCUT2D eigenvalue weighted by Crippen LogP contribution is 2.26. The lowest BCUT2D eigenvalue weighted by Gasteiger charge is -2.30. The number of methoxy groups -OCH3 is 1. The highest BCUT2D eigenvalue weighted by molar-refractivity contribution is 7.99. The van der Waals surface area contributed by atoms with E-state index in [-0.39, 0.29) is 18.1 Å². The maximum absolute atomic E-state index is 12.6. The smallest absolute Gasteiger partial charge is 0.252 e. The van der Waals surface area contributed by atoms with E-state index < -0.39 is 0 Å². The molecule has 3 atom stereocenters. The van der Waals surface area contributed by atoms with E-state index in [9.17, 15) is 4.79 Å². The van der Waals surface area contributed by atoms with Crippen molar-refractivity contribution in [2.45, 2.75) is 37.5 Å². The number of carbonyl (C=O) groups is 1. The van der Waals surface area contributed by atoms with E-state index in [0.29, 0.717) is 25.7 Å². The predicted molar refractivity (Wildman–Crippen MR) is 76.3 cm³/mol. The Bertz CT molecular complexity index is 298. The summed E-state index contributed by atoms with van der Waals surface area (Å²) in [5.74, 6) is 2.29. The molecule has 0 radical (unpaired) electrons. The fourth-order valence-electron chi connectivity index (χ4n) is 2.68. The normalized spacial score (nSPS) is 30.7. The Morgan fingerprint density at radius 2 is 2.32 bits per heavy atom. The summed E-state index contributed by atoms with van der Waals surface area (Å²) < 4.78 is 10.9. The summed E-state index contributed by atoms with van der Waals surface area (Å²) in [5, 5.41) is 0. The molecule has 19 heavy (non-hydrogen) atoms. The maximum Gasteiger partial charge on any atom is 0.252 e. The molecule has 3 unspecified atom stereocenters. The Kier molecular flexibility index (Phi) is 5.94. The van der Waals surface area contributed by atoms with E-state index in [4.69, 9.17) is 15.2 Å². The van der Waals surface area contributed by atoms with Gasteiger partial charge in [-0.2, -0.15) is 11.8 Å². The van der Waals surface area contributed by atoms with Crippen LogP contribution in [0.3, 0.4) is 0 Å². The summed E-state index contributed by atoms with van der Waals surface area (Å²) in [6.45, 7) is 1.74. The standard InChI is InChI=1S/C13H24N2O3S/c1-17-6-5-15(10-4-7-19-9-10)13(16)12-3-2-11(8-14)18-12/h10-12H,2-9,14H2,1H3. The first-order chi connectivity index (χ1) is 9.26. The van der Waals surface area contributed by atoms with Crippen molar-refractivity contribution in [3.8, 4) is 0 Å². The number of carbonyl (C=O) groups excluding carboxylic acids is 1. The fraction of sp³-hybridized carbons (Fsp3) is 0.923. The van der Waals surface area contributed by atoms with Crippen molar-refractivity contribution in [2.75, 3.05) is 38.3 Å². The third-order valence-corrected chi connectivity index (χ3v) is 4.96. The Morgan fingerprint density at radius 1 is 1.47 bits per heavy atom. The molecule has 0 aromatic rings. The zero-order valence-corrected chi connectivity index (χ0v) is 12.4. The summed E-state index contributed by atoms with van der Waals surface area (Å²) in [5.41, 5.74) is 5.60. The molecule has 0 aromatic carbocycles. The third-order valence-electron chi connectivity index (χ3n) is 3.81. The zero-order valence-electron chi connectivity index (χ0n) is 11.5. The van der Waals surface area contributed by atoms with Crippen LogP contribution in [-0.2, 0) is 14.3 Å². The lowest BCUT2D eigenvalue weighted by atomic mass is 10.1. The lowest BCUT2D eigenvalue weighted by molar-refractivity contribution is -0.145. The van der Waals surface area contributed by atoms with Crippen LogP contribution >= 0.6 is 11.8 Å². The molecule has 110 valence electrons. The van der Waals surface area contributed by atoms with Gasteiger partial charge in [0.2, 0.25) is 0 Å². The van der Waals surface area contributed by atoms with E-state index in [1.165, 1.54) is 0 Å². The Morgan fingerprint density at radius 3 is 2.89 bits per heavy atom. The Labute approximate surface area is 119 Å². The lowest BCUT2D eigenvalue weighted by Crippen LogP contribution is -2.47. The van der Waals surface area contributed by atoms with Gasteiger partial charge in [-0.25, -0.2) is 0 Å². The van der Waals surface area contributed by atoms with Crippen LogP contribution in [0.15, 0.2) is 0 Å². The number of nitrogens with zero attached hydrogens (tertiary/aromatic N) is 1. The molecule has 1 amide bonds. The SMILES string of the molecule is COCCN(C(=O)C1CCC(CN)O1)C1CCSC1. The van der Waals surface area contributed by atoms with Crippen molar-refractivity contribution < 1.29 is 14.3 Å². The van der Waals surface area contributed by atoms with Gasteiger partial charge < -0.3 is 20.1 Å².